The zero-order valence-corrected chi connectivity index (χ0v) is 15.0. The summed E-state index contributed by atoms with van der Waals surface area (Å²) in [7, 11) is 0. The average Bonchev–Trinajstić information content (AvgIpc) is 2.99. The van der Waals surface area contributed by atoms with Gasteiger partial charge in [0.15, 0.2) is 0 Å². The van der Waals surface area contributed by atoms with Gasteiger partial charge in [0.2, 0.25) is 11.9 Å². The minimum Gasteiger partial charge on any atom is -0.366 e. The first-order valence-electron chi connectivity index (χ1n) is 8.40. The quantitative estimate of drug-likeness (QED) is 0.688. The van der Waals surface area contributed by atoms with Gasteiger partial charge >= 0.3 is 0 Å². The van der Waals surface area contributed by atoms with Crippen LogP contribution in [0.5, 0.6) is 0 Å². The molecule has 1 aromatic carbocycles. The summed E-state index contributed by atoms with van der Waals surface area (Å²) in [4.78, 5) is 23.2. The summed E-state index contributed by atoms with van der Waals surface area (Å²) >= 11 is 0. The largest absolute Gasteiger partial charge is 0.366 e. The molecule has 0 atom stereocenters. The Balaban J connectivity index is 1.87. The smallest absolute Gasteiger partial charge is 0.254 e. The van der Waals surface area contributed by atoms with Gasteiger partial charge in [0.05, 0.1) is 6.42 Å². The molecule has 3 aromatic rings. The van der Waals surface area contributed by atoms with Crippen molar-refractivity contribution in [2.45, 2.75) is 26.8 Å². The zero-order valence-electron chi connectivity index (χ0n) is 15.0. The number of carbonyl (C=O) groups is 1. The maximum absolute atomic E-state index is 12.9. The van der Waals surface area contributed by atoms with Crippen molar-refractivity contribution >= 4 is 17.6 Å². The number of fused-ring (bicyclic) bond motifs is 1. The Kier molecular flexibility index (Phi) is 4.97. The van der Waals surface area contributed by atoms with Crippen molar-refractivity contribution in [2.24, 2.45) is 0 Å². The van der Waals surface area contributed by atoms with Crippen molar-refractivity contribution in [2.75, 3.05) is 12.3 Å². The Labute approximate surface area is 152 Å². The predicted molar refractivity (Wildman–Crippen MR) is 100 cm³/mol. The predicted octanol–water partition coefficient (Wildman–Crippen LogP) is 2.08. The Morgan fingerprint density at radius 1 is 1.27 bits per heavy atom. The number of hydrogen-bond acceptors (Lipinski definition) is 5. The van der Waals surface area contributed by atoms with Crippen molar-refractivity contribution in [3.05, 3.63) is 65.5 Å². The highest BCUT2D eigenvalue weighted by Gasteiger charge is 2.19. The molecule has 0 unspecified atom stereocenters. The first kappa shape index (κ1) is 17.6. The average molecular weight is 350 g/mol. The molecule has 0 radical (unpaired) electrons. The fourth-order valence-corrected chi connectivity index (χ4v) is 2.96. The van der Waals surface area contributed by atoms with Crippen LogP contribution in [0.25, 0.3) is 5.78 Å². The summed E-state index contributed by atoms with van der Waals surface area (Å²) in [6, 6.07) is 9.90. The molecule has 0 saturated carbocycles. The molecule has 26 heavy (non-hydrogen) atoms. The van der Waals surface area contributed by atoms with Gasteiger partial charge in [-0.2, -0.15) is 9.50 Å². The highest BCUT2D eigenvalue weighted by Crippen LogP contribution is 2.16. The number of carbonyl (C=O) groups excluding carboxylic acids is 1. The van der Waals surface area contributed by atoms with Crippen LogP contribution in [0.15, 0.2) is 43.0 Å². The molecule has 0 bridgehead atoms. The van der Waals surface area contributed by atoms with Crippen LogP contribution >= 0.6 is 0 Å². The van der Waals surface area contributed by atoms with E-state index < -0.39 is 0 Å². The SMILES string of the molecule is C=CCN(Cc1ccccc1)C(=O)Cc1c(C)nc2nc(N)nn2c1C. The Hall–Kier alpha value is -3.22. The molecule has 3 rings (SSSR count). The number of amides is 1. The van der Waals surface area contributed by atoms with E-state index in [2.05, 4.69) is 21.6 Å². The normalized spacial score (nSPS) is 10.8. The zero-order chi connectivity index (χ0) is 18.7. The molecular weight excluding hydrogens is 328 g/mol. The van der Waals surface area contributed by atoms with Crippen LogP contribution in [0.4, 0.5) is 5.95 Å². The maximum atomic E-state index is 12.9. The molecule has 134 valence electrons. The van der Waals surface area contributed by atoms with E-state index in [0.717, 1.165) is 22.5 Å². The van der Waals surface area contributed by atoms with Gasteiger partial charge < -0.3 is 10.6 Å². The van der Waals surface area contributed by atoms with Gasteiger partial charge in [-0.05, 0) is 19.4 Å². The molecule has 2 N–H and O–H groups in total. The molecule has 1 amide bonds. The number of aryl methyl sites for hydroxylation is 2. The van der Waals surface area contributed by atoms with Crippen LogP contribution in [-0.4, -0.2) is 36.9 Å². The summed E-state index contributed by atoms with van der Waals surface area (Å²) < 4.78 is 1.58. The van der Waals surface area contributed by atoms with E-state index >= 15 is 0 Å². The summed E-state index contributed by atoms with van der Waals surface area (Å²) in [6.07, 6.45) is 1.97. The van der Waals surface area contributed by atoms with E-state index in [0.29, 0.717) is 18.9 Å². The lowest BCUT2D eigenvalue weighted by molar-refractivity contribution is -0.130. The van der Waals surface area contributed by atoms with E-state index in [1.165, 1.54) is 0 Å². The number of hydrogen-bond donors (Lipinski definition) is 1. The molecule has 0 aliphatic heterocycles. The Morgan fingerprint density at radius 2 is 2.00 bits per heavy atom. The number of nitrogens with two attached hydrogens (primary N) is 1. The molecule has 0 saturated heterocycles. The fourth-order valence-electron chi connectivity index (χ4n) is 2.96. The van der Waals surface area contributed by atoms with E-state index in [4.69, 9.17) is 5.73 Å². The van der Waals surface area contributed by atoms with Crippen molar-refractivity contribution in [1.29, 1.82) is 0 Å². The van der Waals surface area contributed by atoms with Crippen LogP contribution in [0.3, 0.4) is 0 Å². The monoisotopic (exact) mass is 350 g/mol. The van der Waals surface area contributed by atoms with Crippen molar-refractivity contribution < 1.29 is 4.79 Å². The lowest BCUT2D eigenvalue weighted by atomic mass is 10.1. The molecule has 7 nitrogen and oxygen atoms in total. The van der Waals surface area contributed by atoms with Crippen LogP contribution in [0, 0.1) is 13.8 Å². The second kappa shape index (κ2) is 7.35. The molecule has 2 aromatic heterocycles. The van der Waals surface area contributed by atoms with Crippen molar-refractivity contribution in [3.63, 3.8) is 0 Å². The third-order valence-electron chi connectivity index (χ3n) is 4.31. The summed E-state index contributed by atoms with van der Waals surface area (Å²) in [5.41, 5.74) is 9.17. The third kappa shape index (κ3) is 3.56. The van der Waals surface area contributed by atoms with Crippen LogP contribution in [0.1, 0.15) is 22.5 Å². The first-order valence-corrected chi connectivity index (χ1v) is 8.40. The van der Waals surface area contributed by atoms with Gasteiger partial charge in [-0.3, -0.25) is 4.79 Å². The fraction of sp³-hybridized carbons (Fsp3) is 0.263. The third-order valence-corrected chi connectivity index (χ3v) is 4.31. The molecule has 2 heterocycles. The number of nitrogen functional groups attached to an aromatic ring is 1. The number of anilines is 1. The van der Waals surface area contributed by atoms with E-state index in [1.54, 1.807) is 15.5 Å². The van der Waals surface area contributed by atoms with Gasteiger partial charge in [0.1, 0.15) is 0 Å². The minimum absolute atomic E-state index is 0.00851. The van der Waals surface area contributed by atoms with Gasteiger partial charge in [0.25, 0.3) is 5.78 Å². The van der Waals surface area contributed by atoms with E-state index in [9.17, 15) is 4.79 Å². The molecule has 0 spiro atoms. The lowest BCUT2D eigenvalue weighted by Gasteiger charge is -2.22. The number of benzene rings is 1. The Morgan fingerprint density at radius 3 is 2.69 bits per heavy atom. The number of aromatic nitrogens is 4. The van der Waals surface area contributed by atoms with E-state index in [-0.39, 0.29) is 18.3 Å². The maximum Gasteiger partial charge on any atom is 0.254 e. The van der Waals surface area contributed by atoms with Crippen LogP contribution in [0.2, 0.25) is 0 Å². The number of rotatable bonds is 6. The minimum atomic E-state index is 0.00851. The molecule has 0 fully saturated rings. The molecule has 0 aliphatic rings. The summed E-state index contributed by atoms with van der Waals surface area (Å²) in [5.74, 6) is 0.621. The van der Waals surface area contributed by atoms with Gasteiger partial charge in [-0.25, -0.2) is 4.98 Å². The summed E-state index contributed by atoms with van der Waals surface area (Å²) in [5, 5.41) is 4.15. The topological polar surface area (TPSA) is 89.4 Å². The van der Waals surface area contributed by atoms with Gasteiger partial charge in [0, 0.05) is 30.0 Å². The van der Waals surface area contributed by atoms with Crippen molar-refractivity contribution in [3.8, 4) is 0 Å². The second-order valence-corrected chi connectivity index (χ2v) is 6.17. The summed E-state index contributed by atoms with van der Waals surface area (Å²) in [6.45, 7) is 8.56. The highest BCUT2D eigenvalue weighted by molar-refractivity contribution is 5.79. The second-order valence-electron chi connectivity index (χ2n) is 6.17. The van der Waals surface area contributed by atoms with Crippen LogP contribution < -0.4 is 5.73 Å². The molecular formula is C19H22N6O. The highest BCUT2D eigenvalue weighted by atomic mass is 16.2. The standard InChI is InChI=1S/C19H22N6O/c1-4-10-24(12-15-8-6-5-7-9-15)17(26)11-16-13(2)21-19-22-18(20)23-25(19)14(16)3/h4-9H,1,10-12H2,2-3H3,(H2,20,23). The molecule has 0 aliphatic carbocycles. The molecule has 7 heteroatoms. The van der Waals surface area contributed by atoms with E-state index in [1.807, 2.05) is 44.2 Å². The van der Waals surface area contributed by atoms with Gasteiger partial charge in [-0.15, -0.1) is 11.7 Å². The Bertz CT molecular complexity index is 948. The lowest BCUT2D eigenvalue weighted by Crippen LogP contribution is -2.32. The van der Waals surface area contributed by atoms with Gasteiger partial charge in [-0.1, -0.05) is 36.4 Å². The first-order chi connectivity index (χ1) is 12.5. The van der Waals surface area contributed by atoms with Crippen LogP contribution in [-0.2, 0) is 17.8 Å². The van der Waals surface area contributed by atoms with Crippen molar-refractivity contribution in [1.82, 2.24) is 24.5 Å². The number of nitrogens with zero attached hydrogens (tertiary/aromatic N) is 5.